The van der Waals surface area contributed by atoms with E-state index in [1.54, 1.807) is 18.3 Å². The third-order valence-corrected chi connectivity index (χ3v) is 3.18. The second-order valence-electron chi connectivity index (χ2n) is 4.38. The van der Waals surface area contributed by atoms with Crippen LogP contribution in [0.4, 0.5) is 5.82 Å². The first kappa shape index (κ1) is 11.4. The Labute approximate surface area is 99.9 Å². The molecule has 0 aliphatic carbocycles. The second kappa shape index (κ2) is 4.42. The molecule has 0 bridgehead atoms. The van der Waals surface area contributed by atoms with Crippen molar-refractivity contribution in [3.63, 3.8) is 0 Å². The molecule has 5 heteroatoms. The summed E-state index contributed by atoms with van der Waals surface area (Å²) < 4.78 is 0. The monoisotopic (exact) mass is 230 g/mol. The first-order chi connectivity index (χ1) is 8.13. The number of hydrogen-bond acceptors (Lipinski definition) is 4. The molecule has 0 radical (unpaired) electrons. The van der Waals surface area contributed by atoms with Crippen LogP contribution in [-0.2, 0) is 4.79 Å². The summed E-state index contributed by atoms with van der Waals surface area (Å²) in [7, 11) is 0. The van der Waals surface area contributed by atoms with Gasteiger partial charge in [-0.3, -0.25) is 4.79 Å². The van der Waals surface area contributed by atoms with E-state index in [1.807, 2.05) is 11.8 Å². The molecule has 1 aliphatic rings. The molecular weight excluding hydrogens is 216 g/mol. The number of aromatic nitrogens is 1. The van der Waals surface area contributed by atoms with Gasteiger partial charge in [0.25, 0.3) is 0 Å². The lowest BCUT2D eigenvalue weighted by Crippen LogP contribution is -2.29. The Kier molecular flexibility index (Phi) is 2.96. The van der Waals surface area contributed by atoms with Crippen molar-refractivity contribution >= 4 is 11.7 Å². The highest BCUT2D eigenvalue weighted by Gasteiger charge is 2.34. The van der Waals surface area contributed by atoms with Crippen molar-refractivity contribution in [1.82, 2.24) is 4.98 Å². The van der Waals surface area contributed by atoms with E-state index >= 15 is 0 Å². The Morgan fingerprint density at radius 2 is 2.41 bits per heavy atom. The smallest absolute Gasteiger partial charge is 0.222 e. The predicted octanol–water partition coefficient (Wildman–Crippen LogP) is 0.511. The molecule has 1 amide bonds. The van der Waals surface area contributed by atoms with Crippen LogP contribution in [0.2, 0.25) is 0 Å². The summed E-state index contributed by atoms with van der Waals surface area (Å²) in [6, 6.07) is 5.57. The van der Waals surface area contributed by atoms with E-state index in [-0.39, 0.29) is 17.7 Å². The Balaban J connectivity index is 2.26. The molecule has 17 heavy (non-hydrogen) atoms. The molecule has 2 heterocycles. The van der Waals surface area contributed by atoms with Gasteiger partial charge >= 0.3 is 0 Å². The van der Waals surface area contributed by atoms with Gasteiger partial charge in [-0.1, -0.05) is 6.92 Å². The van der Waals surface area contributed by atoms with Crippen LogP contribution in [0.1, 0.15) is 12.5 Å². The highest BCUT2D eigenvalue weighted by molar-refractivity contribution is 5.78. The van der Waals surface area contributed by atoms with E-state index in [9.17, 15) is 4.79 Å². The van der Waals surface area contributed by atoms with Gasteiger partial charge in [0.2, 0.25) is 5.91 Å². The molecule has 1 aromatic heterocycles. The number of rotatable bonds is 2. The Morgan fingerprint density at radius 3 is 3.00 bits per heavy atom. The van der Waals surface area contributed by atoms with Gasteiger partial charge in [0, 0.05) is 19.3 Å². The number of nitrogens with two attached hydrogens (primary N) is 1. The molecule has 0 saturated carbocycles. The maximum Gasteiger partial charge on any atom is 0.222 e. The third-order valence-electron chi connectivity index (χ3n) is 3.18. The summed E-state index contributed by atoms with van der Waals surface area (Å²) in [5.41, 5.74) is 5.88. The number of carbonyl (C=O) groups is 1. The number of nitrogens with zero attached hydrogens (tertiary/aromatic N) is 3. The first-order valence-electron chi connectivity index (χ1n) is 5.53. The normalized spacial score (nSPS) is 23.4. The third kappa shape index (κ3) is 2.07. The van der Waals surface area contributed by atoms with Gasteiger partial charge in [-0.2, -0.15) is 5.26 Å². The minimum absolute atomic E-state index is 0.163. The van der Waals surface area contributed by atoms with E-state index in [2.05, 4.69) is 11.1 Å². The van der Waals surface area contributed by atoms with Gasteiger partial charge in [-0.25, -0.2) is 4.98 Å². The zero-order valence-electron chi connectivity index (χ0n) is 9.63. The van der Waals surface area contributed by atoms with Crippen molar-refractivity contribution in [1.29, 1.82) is 5.26 Å². The minimum atomic E-state index is -0.283. The van der Waals surface area contributed by atoms with Gasteiger partial charge in [-0.05, 0) is 18.1 Å². The van der Waals surface area contributed by atoms with Gasteiger partial charge in [0.15, 0.2) is 0 Å². The lowest BCUT2D eigenvalue weighted by Gasteiger charge is -2.17. The lowest BCUT2D eigenvalue weighted by molar-refractivity contribution is -0.122. The van der Waals surface area contributed by atoms with Crippen LogP contribution in [0.3, 0.4) is 0 Å². The summed E-state index contributed by atoms with van der Waals surface area (Å²) in [5.74, 6) is 0.393. The van der Waals surface area contributed by atoms with Gasteiger partial charge in [-0.15, -0.1) is 0 Å². The first-order valence-corrected chi connectivity index (χ1v) is 5.53. The standard InChI is InChI=1S/C12H14N4O/c1-8-6-16(7-10(8)11(14)17)12-9(5-13)3-2-4-15-12/h2-4,8,10H,6-7H2,1H3,(H2,14,17)/t8-,10-/m1/s1. The number of pyridine rings is 1. The van der Waals surface area contributed by atoms with Crippen LogP contribution in [0, 0.1) is 23.2 Å². The summed E-state index contributed by atoms with van der Waals surface area (Å²) in [5, 5.41) is 9.01. The number of primary amides is 1. The van der Waals surface area contributed by atoms with Gasteiger partial charge in [0.1, 0.15) is 11.9 Å². The fraction of sp³-hybridized carbons (Fsp3) is 0.417. The Morgan fingerprint density at radius 1 is 1.65 bits per heavy atom. The number of carbonyl (C=O) groups excluding carboxylic acids is 1. The van der Waals surface area contributed by atoms with Crippen LogP contribution in [0.25, 0.3) is 0 Å². The fourth-order valence-electron chi connectivity index (χ4n) is 2.25. The molecule has 2 N–H and O–H groups in total. The van der Waals surface area contributed by atoms with Crippen molar-refractivity contribution in [2.75, 3.05) is 18.0 Å². The summed E-state index contributed by atoms with van der Waals surface area (Å²) in [6.45, 7) is 3.24. The van der Waals surface area contributed by atoms with Crippen LogP contribution in [-0.4, -0.2) is 24.0 Å². The average molecular weight is 230 g/mol. The molecular formula is C12H14N4O. The van der Waals surface area contributed by atoms with Crippen LogP contribution in [0.15, 0.2) is 18.3 Å². The van der Waals surface area contributed by atoms with Crippen molar-refractivity contribution in [2.24, 2.45) is 17.6 Å². The molecule has 1 aliphatic heterocycles. The lowest BCUT2D eigenvalue weighted by atomic mass is 9.98. The van der Waals surface area contributed by atoms with Gasteiger partial charge < -0.3 is 10.6 Å². The zero-order chi connectivity index (χ0) is 12.4. The maximum atomic E-state index is 11.3. The van der Waals surface area contributed by atoms with Crippen LogP contribution < -0.4 is 10.6 Å². The van der Waals surface area contributed by atoms with E-state index in [0.29, 0.717) is 24.5 Å². The molecule has 0 spiro atoms. The molecule has 2 rings (SSSR count). The summed E-state index contributed by atoms with van der Waals surface area (Å²) >= 11 is 0. The van der Waals surface area contributed by atoms with Gasteiger partial charge in [0.05, 0.1) is 11.5 Å². The molecule has 1 aromatic rings. The van der Waals surface area contributed by atoms with E-state index in [1.165, 1.54) is 0 Å². The largest absolute Gasteiger partial charge is 0.369 e. The molecule has 88 valence electrons. The fourth-order valence-corrected chi connectivity index (χ4v) is 2.25. The van der Waals surface area contributed by atoms with Crippen LogP contribution in [0.5, 0.6) is 0 Å². The van der Waals surface area contributed by atoms with E-state index < -0.39 is 0 Å². The minimum Gasteiger partial charge on any atom is -0.369 e. The average Bonchev–Trinajstić information content (AvgIpc) is 2.71. The van der Waals surface area contributed by atoms with E-state index in [0.717, 1.165) is 0 Å². The number of hydrogen-bond donors (Lipinski definition) is 1. The zero-order valence-corrected chi connectivity index (χ0v) is 9.63. The Hall–Kier alpha value is -2.09. The summed E-state index contributed by atoms with van der Waals surface area (Å²) in [6.07, 6.45) is 1.65. The highest BCUT2D eigenvalue weighted by atomic mass is 16.1. The van der Waals surface area contributed by atoms with Crippen molar-refractivity contribution in [2.45, 2.75) is 6.92 Å². The summed E-state index contributed by atoms with van der Waals surface area (Å²) in [4.78, 5) is 17.4. The number of nitriles is 1. The highest BCUT2D eigenvalue weighted by Crippen LogP contribution is 2.28. The molecule has 1 fully saturated rings. The molecule has 2 atom stereocenters. The molecule has 1 saturated heterocycles. The quantitative estimate of drug-likeness (QED) is 0.802. The molecule has 0 aromatic carbocycles. The van der Waals surface area contributed by atoms with Crippen molar-refractivity contribution in [3.8, 4) is 6.07 Å². The molecule has 0 unspecified atom stereocenters. The van der Waals surface area contributed by atoms with Crippen LogP contribution >= 0.6 is 0 Å². The predicted molar refractivity (Wildman–Crippen MR) is 63.0 cm³/mol. The maximum absolute atomic E-state index is 11.3. The number of anilines is 1. The Bertz CT molecular complexity index is 480. The van der Waals surface area contributed by atoms with Crippen molar-refractivity contribution in [3.05, 3.63) is 23.9 Å². The van der Waals surface area contributed by atoms with E-state index in [4.69, 9.17) is 11.0 Å². The molecule has 5 nitrogen and oxygen atoms in total. The topological polar surface area (TPSA) is 83.0 Å². The SMILES string of the molecule is C[C@@H]1CN(c2ncccc2C#N)C[C@H]1C(N)=O. The number of amides is 1. The second-order valence-corrected chi connectivity index (χ2v) is 4.38. The van der Waals surface area contributed by atoms with Crippen molar-refractivity contribution < 1.29 is 4.79 Å².